The maximum atomic E-state index is 2.51. The molecule has 2 unspecified atom stereocenters. The Bertz CT molecular complexity index is 4210. The summed E-state index contributed by atoms with van der Waals surface area (Å²) in [7, 11) is 0. The molecule has 2 atom stereocenters. The van der Waals surface area contributed by atoms with E-state index in [0.717, 1.165) is 34.1 Å². The van der Waals surface area contributed by atoms with Gasteiger partial charge in [-0.2, -0.15) is 0 Å². The first-order valence-electron chi connectivity index (χ1n) is 25.3. The van der Waals surface area contributed by atoms with Crippen molar-refractivity contribution in [2.75, 3.05) is 9.80 Å². The van der Waals surface area contributed by atoms with E-state index in [9.17, 15) is 0 Å². The molecule has 344 valence electrons. The van der Waals surface area contributed by atoms with Crippen molar-refractivity contribution in [1.82, 2.24) is 0 Å². The molecular weight excluding hydrogens is 921 g/mol. The van der Waals surface area contributed by atoms with E-state index in [1.807, 2.05) is 22.7 Å². The molecule has 0 spiro atoms. The summed E-state index contributed by atoms with van der Waals surface area (Å²) in [4.78, 5) is 4.81. The van der Waals surface area contributed by atoms with Crippen LogP contribution in [0.1, 0.15) is 29.4 Å². The van der Waals surface area contributed by atoms with Gasteiger partial charge in [-0.05, 0) is 171 Å². The Morgan fingerprint density at radius 2 is 0.781 bits per heavy atom. The molecular formula is C69H46N2S2. The third kappa shape index (κ3) is 7.20. The normalized spacial score (nSPS) is 14.5. The average molecular weight is 967 g/mol. The molecule has 15 rings (SSSR count). The minimum atomic E-state index is 0.556. The highest BCUT2D eigenvalue weighted by atomic mass is 32.1. The summed E-state index contributed by atoms with van der Waals surface area (Å²) in [5.41, 5.74) is 19.9. The van der Waals surface area contributed by atoms with Crippen molar-refractivity contribution in [2.45, 2.75) is 18.3 Å². The zero-order chi connectivity index (χ0) is 48.0. The van der Waals surface area contributed by atoms with Gasteiger partial charge < -0.3 is 9.80 Å². The molecule has 0 N–H and O–H groups in total. The molecule has 2 aliphatic rings. The first kappa shape index (κ1) is 42.2. The standard InChI is InChI=1S/C69H46N2S2/c1-4-14-44(15-5-1)46-16-12-21-52(38-46)71(51-30-26-45(27-31-51)47-29-37-67-65(39-47)58-22-10-11-25-66(58)72-67)53-32-35-57-62(41-53)61-40-48(28-34-56(61)63-43-64(57)63)55-23-13-24-60-59-36-33-54(42-68(59)73-69(55)60)70(49-17-6-2-7-18-49)50-19-8-3-9-20-50/h1-42,63-64H,43H2. The summed E-state index contributed by atoms with van der Waals surface area (Å²) < 4.78 is 5.27. The number of benzene rings is 11. The second kappa shape index (κ2) is 17.1. The van der Waals surface area contributed by atoms with Crippen molar-refractivity contribution in [2.24, 2.45) is 0 Å². The van der Waals surface area contributed by atoms with Crippen LogP contribution in [0.2, 0.25) is 0 Å². The molecule has 0 aliphatic heterocycles. The number of hydrogen-bond donors (Lipinski definition) is 0. The van der Waals surface area contributed by atoms with Crippen LogP contribution in [0.3, 0.4) is 0 Å². The summed E-state index contributed by atoms with van der Waals surface area (Å²) in [5, 5.41) is 5.24. The van der Waals surface area contributed by atoms with Crippen LogP contribution in [0.4, 0.5) is 34.1 Å². The maximum absolute atomic E-state index is 2.51. The Kier molecular flexibility index (Phi) is 9.86. The third-order valence-electron chi connectivity index (χ3n) is 15.4. The first-order valence-corrected chi connectivity index (χ1v) is 26.9. The predicted octanol–water partition coefficient (Wildman–Crippen LogP) is 20.6. The topological polar surface area (TPSA) is 6.48 Å². The monoisotopic (exact) mass is 966 g/mol. The van der Waals surface area contributed by atoms with Gasteiger partial charge in [0, 0.05) is 74.5 Å². The molecule has 2 aliphatic carbocycles. The van der Waals surface area contributed by atoms with E-state index in [1.54, 1.807) is 0 Å². The second-order valence-electron chi connectivity index (χ2n) is 19.6. The van der Waals surface area contributed by atoms with Gasteiger partial charge in [-0.15, -0.1) is 22.7 Å². The number of fused-ring (bicyclic) bond motifs is 12. The fraction of sp³-hybridized carbons (Fsp3) is 0.0435. The molecule has 0 saturated heterocycles. The Morgan fingerprint density at radius 3 is 1.58 bits per heavy atom. The maximum Gasteiger partial charge on any atom is 0.0476 e. The lowest BCUT2D eigenvalue weighted by atomic mass is 9.83. The van der Waals surface area contributed by atoms with Gasteiger partial charge in [-0.25, -0.2) is 0 Å². The van der Waals surface area contributed by atoms with Gasteiger partial charge in [0.25, 0.3) is 0 Å². The van der Waals surface area contributed by atoms with Crippen LogP contribution in [0.5, 0.6) is 0 Å². The van der Waals surface area contributed by atoms with Crippen LogP contribution in [0, 0.1) is 0 Å². The van der Waals surface area contributed by atoms with Gasteiger partial charge in [-0.1, -0.05) is 158 Å². The van der Waals surface area contributed by atoms with Gasteiger partial charge >= 0.3 is 0 Å². The van der Waals surface area contributed by atoms with E-state index >= 15 is 0 Å². The van der Waals surface area contributed by atoms with E-state index in [0.29, 0.717) is 11.8 Å². The summed E-state index contributed by atoms with van der Waals surface area (Å²) in [5.74, 6) is 1.12. The van der Waals surface area contributed by atoms with Crippen molar-refractivity contribution in [1.29, 1.82) is 0 Å². The summed E-state index contributed by atoms with van der Waals surface area (Å²) in [6.07, 6.45) is 1.20. The minimum Gasteiger partial charge on any atom is -0.310 e. The quantitative estimate of drug-likeness (QED) is 0.142. The highest BCUT2D eigenvalue weighted by Crippen LogP contribution is 2.63. The van der Waals surface area contributed by atoms with E-state index in [4.69, 9.17) is 0 Å². The molecule has 73 heavy (non-hydrogen) atoms. The van der Waals surface area contributed by atoms with Gasteiger partial charge in [0.05, 0.1) is 0 Å². The van der Waals surface area contributed by atoms with Gasteiger partial charge in [-0.3, -0.25) is 0 Å². The number of para-hydroxylation sites is 2. The van der Waals surface area contributed by atoms with E-state index in [1.165, 1.54) is 102 Å². The van der Waals surface area contributed by atoms with Crippen molar-refractivity contribution >= 4 is 97.1 Å². The van der Waals surface area contributed by atoms with Crippen molar-refractivity contribution in [3.8, 4) is 44.5 Å². The molecule has 11 aromatic carbocycles. The molecule has 4 heteroatoms. The predicted molar refractivity (Wildman–Crippen MR) is 313 cm³/mol. The lowest BCUT2D eigenvalue weighted by Crippen LogP contribution is -2.11. The smallest absolute Gasteiger partial charge is 0.0476 e. The minimum absolute atomic E-state index is 0.556. The van der Waals surface area contributed by atoms with Crippen molar-refractivity contribution in [3.05, 3.63) is 266 Å². The SMILES string of the molecule is c1ccc(-c2cccc(N(c3ccc(-c4ccc5sc6ccccc6c5c4)cc3)c3ccc4c(c3)-c3cc(-c5cccc6c5sc5cc(N(c7ccccc7)c7ccccc7)ccc56)ccc3C3CC43)c2)cc1. The molecule has 0 amide bonds. The average Bonchev–Trinajstić information content (AvgIpc) is 4.06. The van der Waals surface area contributed by atoms with Crippen LogP contribution in [-0.4, -0.2) is 0 Å². The summed E-state index contributed by atoms with van der Waals surface area (Å²) >= 11 is 3.77. The largest absolute Gasteiger partial charge is 0.310 e. The third-order valence-corrected chi connectivity index (χ3v) is 17.7. The van der Waals surface area contributed by atoms with Crippen LogP contribution < -0.4 is 9.80 Å². The van der Waals surface area contributed by atoms with Crippen LogP contribution in [-0.2, 0) is 0 Å². The van der Waals surface area contributed by atoms with E-state index < -0.39 is 0 Å². The fourth-order valence-corrected chi connectivity index (χ4v) is 14.1. The lowest BCUT2D eigenvalue weighted by Gasteiger charge is -2.29. The Morgan fingerprint density at radius 1 is 0.274 bits per heavy atom. The van der Waals surface area contributed by atoms with Gasteiger partial charge in [0.1, 0.15) is 0 Å². The molecule has 2 nitrogen and oxygen atoms in total. The second-order valence-corrected chi connectivity index (χ2v) is 21.7. The lowest BCUT2D eigenvalue weighted by molar-refractivity contribution is 1.00. The van der Waals surface area contributed by atoms with Gasteiger partial charge in [0.15, 0.2) is 0 Å². The zero-order valence-electron chi connectivity index (χ0n) is 39.8. The van der Waals surface area contributed by atoms with E-state index in [-0.39, 0.29) is 0 Å². The van der Waals surface area contributed by atoms with Crippen molar-refractivity contribution < 1.29 is 0 Å². The van der Waals surface area contributed by atoms with Crippen LogP contribution >= 0.6 is 22.7 Å². The molecule has 0 radical (unpaired) electrons. The molecule has 2 heterocycles. The van der Waals surface area contributed by atoms with Crippen LogP contribution in [0.25, 0.3) is 84.9 Å². The molecule has 1 fully saturated rings. The Labute approximate surface area is 432 Å². The zero-order valence-corrected chi connectivity index (χ0v) is 41.5. The number of thiophene rings is 2. The number of anilines is 6. The summed E-state index contributed by atoms with van der Waals surface area (Å²) in [6, 6.07) is 94.5. The molecule has 1 saturated carbocycles. The highest BCUT2D eigenvalue weighted by Gasteiger charge is 2.45. The Hall–Kier alpha value is -8.54. The summed E-state index contributed by atoms with van der Waals surface area (Å²) in [6.45, 7) is 0. The number of rotatable bonds is 9. The fourth-order valence-electron chi connectivity index (χ4n) is 11.8. The van der Waals surface area contributed by atoms with Gasteiger partial charge in [0.2, 0.25) is 0 Å². The Balaban J connectivity index is 0.833. The van der Waals surface area contributed by atoms with E-state index in [2.05, 4.69) is 265 Å². The molecule has 2 aromatic heterocycles. The molecule has 13 aromatic rings. The number of hydrogen-bond acceptors (Lipinski definition) is 4. The highest BCUT2D eigenvalue weighted by molar-refractivity contribution is 7.26. The number of nitrogens with zero attached hydrogens (tertiary/aromatic N) is 2. The first-order chi connectivity index (χ1) is 36.2. The molecule has 0 bridgehead atoms. The van der Waals surface area contributed by atoms with Crippen molar-refractivity contribution in [3.63, 3.8) is 0 Å². The van der Waals surface area contributed by atoms with Crippen LogP contribution in [0.15, 0.2) is 255 Å².